The number of carbonyl (C=O) groups is 2. The lowest BCUT2D eigenvalue weighted by Gasteiger charge is -2.31. The summed E-state index contributed by atoms with van der Waals surface area (Å²) in [5.41, 5.74) is 0.608. The molecular weight excluding hydrogens is 521 g/mol. The van der Waals surface area contributed by atoms with Gasteiger partial charge >= 0.3 is 12.1 Å². The maximum atomic E-state index is 15.1. The van der Waals surface area contributed by atoms with E-state index in [0.717, 1.165) is 11.1 Å². The minimum Gasteiger partial charge on any atom is -0.489 e. The highest BCUT2D eigenvalue weighted by Crippen LogP contribution is 2.41. The van der Waals surface area contributed by atoms with Crippen LogP contribution < -0.4 is 15.6 Å². The Kier molecular flexibility index (Phi) is 6.81. The molecule has 3 aromatic rings. The van der Waals surface area contributed by atoms with Gasteiger partial charge in [0.1, 0.15) is 18.8 Å². The van der Waals surface area contributed by atoms with Crippen molar-refractivity contribution < 1.29 is 33.3 Å². The molecule has 0 fully saturated rings. The number of alkyl carbamates (subject to hydrolysis) is 1. The first-order chi connectivity index (χ1) is 18.9. The van der Waals surface area contributed by atoms with Gasteiger partial charge in [-0.15, -0.1) is 0 Å². The van der Waals surface area contributed by atoms with Gasteiger partial charge in [0.2, 0.25) is 0 Å². The molecule has 2 N–H and O–H groups in total. The van der Waals surface area contributed by atoms with Crippen molar-refractivity contribution in [3.05, 3.63) is 56.6 Å². The molecule has 0 unspecified atom stereocenters. The molecule has 5 rings (SSSR count). The fourth-order valence-corrected chi connectivity index (χ4v) is 5.31. The van der Waals surface area contributed by atoms with Crippen LogP contribution in [0.5, 0.6) is 5.75 Å². The van der Waals surface area contributed by atoms with Crippen LogP contribution in [0, 0.1) is 5.82 Å². The van der Waals surface area contributed by atoms with E-state index in [1.807, 2.05) is 6.92 Å². The number of pyridine rings is 2. The lowest BCUT2D eigenvalue weighted by molar-refractivity contribution is -0.172. The van der Waals surface area contributed by atoms with Gasteiger partial charge in [0.25, 0.3) is 5.56 Å². The van der Waals surface area contributed by atoms with Gasteiger partial charge in [0, 0.05) is 22.6 Å². The van der Waals surface area contributed by atoms with Crippen molar-refractivity contribution in [1.82, 2.24) is 14.9 Å². The second kappa shape index (κ2) is 9.88. The number of ether oxygens (including phenoxy) is 3. The van der Waals surface area contributed by atoms with E-state index in [-0.39, 0.29) is 55.2 Å². The number of cyclic esters (lactones) is 1. The SMILES string of the molecule is CCc1c2c(nc3cc(F)c(OCCNC(=O)OC(C)(C)C)cc13)-c1cc3c(c(=O)n1C2)COC(=O)[C@]3(O)CC. The van der Waals surface area contributed by atoms with Crippen molar-refractivity contribution >= 4 is 23.0 Å². The molecule has 11 heteroatoms. The highest BCUT2D eigenvalue weighted by molar-refractivity contribution is 5.90. The number of esters is 1. The van der Waals surface area contributed by atoms with Crippen LogP contribution in [-0.2, 0) is 39.4 Å². The number of aromatic nitrogens is 2. The molecule has 1 atom stereocenters. The average molecular weight is 554 g/mol. The van der Waals surface area contributed by atoms with Gasteiger partial charge < -0.3 is 29.2 Å². The molecule has 40 heavy (non-hydrogen) atoms. The topological polar surface area (TPSA) is 129 Å². The molecule has 1 amide bonds. The summed E-state index contributed by atoms with van der Waals surface area (Å²) in [7, 11) is 0. The number of hydrogen-bond donors (Lipinski definition) is 2. The number of hydrogen-bond acceptors (Lipinski definition) is 8. The molecule has 4 heterocycles. The fraction of sp³-hybridized carbons (Fsp3) is 0.448. The number of nitrogens with zero attached hydrogens (tertiary/aromatic N) is 2. The van der Waals surface area contributed by atoms with Crippen molar-refractivity contribution in [3.63, 3.8) is 0 Å². The van der Waals surface area contributed by atoms with Gasteiger partial charge in [-0.2, -0.15) is 0 Å². The summed E-state index contributed by atoms with van der Waals surface area (Å²) in [6.07, 6.45) is 0.0319. The van der Waals surface area contributed by atoms with Gasteiger partial charge in [-0.05, 0) is 51.3 Å². The van der Waals surface area contributed by atoms with Crippen LogP contribution in [-0.4, -0.2) is 45.5 Å². The average Bonchev–Trinajstić information content (AvgIpc) is 3.25. The Balaban J connectivity index is 1.49. The van der Waals surface area contributed by atoms with Gasteiger partial charge in [-0.1, -0.05) is 13.8 Å². The third kappa shape index (κ3) is 4.57. The van der Waals surface area contributed by atoms with E-state index in [1.54, 1.807) is 44.4 Å². The molecule has 0 saturated carbocycles. The largest absolute Gasteiger partial charge is 0.489 e. The Morgan fingerprint density at radius 2 is 1.98 bits per heavy atom. The van der Waals surface area contributed by atoms with Crippen molar-refractivity contribution in [1.29, 1.82) is 0 Å². The van der Waals surface area contributed by atoms with Crippen molar-refractivity contribution in [2.45, 2.75) is 71.8 Å². The van der Waals surface area contributed by atoms with E-state index >= 15 is 4.39 Å². The number of benzene rings is 1. The zero-order valence-corrected chi connectivity index (χ0v) is 23.1. The van der Waals surface area contributed by atoms with Crippen LogP contribution in [0.3, 0.4) is 0 Å². The summed E-state index contributed by atoms with van der Waals surface area (Å²) in [5.74, 6) is -1.40. The standard InChI is InChI=1S/C29H32FN3O7/c1-6-15-16-10-23(38-9-8-31-27(36)40-28(3,4)5)20(30)12-21(16)32-24-17(15)13-33-22(24)11-19-18(25(33)34)14-39-26(35)29(19,37)7-2/h10-12,37H,6-9,13-14H2,1-5H3,(H,31,36)/t29-/m0/s1. The molecule has 0 spiro atoms. The smallest absolute Gasteiger partial charge is 0.407 e. The summed E-state index contributed by atoms with van der Waals surface area (Å²) in [6, 6.07) is 4.50. The first-order valence-corrected chi connectivity index (χ1v) is 13.3. The number of amides is 1. The van der Waals surface area contributed by atoms with Crippen LogP contribution in [0.1, 0.15) is 63.3 Å². The normalized spacial score (nSPS) is 17.6. The Labute approximate surface area is 230 Å². The third-order valence-electron chi connectivity index (χ3n) is 7.24. The minimum absolute atomic E-state index is 0.0155. The Morgan fingerprint density at radius 3 is 2.65 bits per heavy atom. The lowest BCUT2D eigenvalue weighted by Crippen LogP contribution is -2.44. The fourth-order valence-electron chi connectivity index (χ4n) is 5.31. The van der Waals surface area contributed by atoms with Gasteiger partial charge in [-0.25, -0.2) is 19.0 Å². The first kappa shape index (κ1) is 27.6. The van der Waals surface area contributed by atoms with E-state index in [9.17, 15) is 19.5 Å². The Hall–Kier alpha value is -3.99. The summed E-state index contributed by atoms with van der Waals surface area (Å²) < 4.78 is 32.6. The minimum atomic E-state index is -1.92. The maximum Gasteiger partial charge on any atom is 0.407 e. The Morgan fingerprint density at radius 1 is 1.23 bits per heavy atom. The molecule has 0 saturated heterocycles. The summed E-state index contributed by atoms with van der Waals surface area (Å²) in [4.78, 5) is 42.4. The Bertz CT molecular complexity index is 1610. The number of aryl methyl sites for hydroxylation is 1. The molecule has 0 bridgehead atoms. The zero-order valence-electron chi connectivity index (χ0n) is 23.1. The van der Waals surface area contributed by atoms with Crippen LogP contribution >= 0.6 is 0 Å². The number of fused-ring (bicyclic) bond motifs is 5. The predicted molar refractivity (Wildman–Crippen MR) is 144 cm³/mol. The highest BCUT2D eigenvalue weighted by Gasteiger charge is 2.45. The van der Waals surface area contributed by atoms with Crippen molar-refractivity contribution in [2.75, 3.05) is 13.2 Å². The van der Waals surface area contributed by atoms with Gasteiger partial charge in [-0.3, -0.25) is 4.79 Å². The van der Waals surface area contributed by atoms with Gasteiger partial charge in [0.05, 0.1) is 35.6 Å². The van der Waals surface area contributed by atoms with Crippen molar-refractivity contribution in [3.8, 4) is 17.1 Å². The van der Waals surface area contributed by atoms with E-state index in [2.05, 4.69) is 5.32 Å². The van der Waals surface area contributed by atoms with Crippen LogP contribution in [0.25, 0.3) is 22.3 Å². The van der Waals surface area contributed by atoms with E-state index in [0.29, 0.717) is 28.7 Å². The van der Waals surface area contributed by atoms with Gasteiger partial charge in [0.15, 0.2) is 17.2 Å². The summed E-state index contributed by atoms with van der Waals surface area (Å²) in [5, 5.41) is 14.3. The van der Waals surface area contributed by atoms with Crippen molar-refractivity contribution in [2.24, 2.45) is 0 Å². The third-order valence-corrected chi connectivity index (χ3v) is 7.24. The molecule has 10 nitrogen and oxygen atoms in total. The molecule has 2 aliphatic rings. The molecule has 1 aromatic carbocycles. The van der Waals surface area contributed by atoms with E-state index in [1.165, 1.54) is 6.07 Å². The molecule has 2 aliphatic heterocycles. The molecule has 2 aromatic heterocycles. The summed E-state index contributed by atoms with van der Waals surface area (Å²) >= 11 is 0. The number of carbonyl (C=O) groups excluding carboxylic acids is 2. The predicted octanol–water partition coefficient (Wildman–Crippen LogP) is 3.68. The number of rotatable bonds is 6. The van der Waals surface area contributed by atoms with Crippen LogP contribution in [0.4, 0.5) is 9.18 Å². The zero-order chi connectivity index (χ0) is 29.0. The number of aliphatic hydroxyl groups is 1. The van der Waals surface area contributed by atoms with Crippen LogP contribution in [0.2, 0.25) is 0 Å². The molecule has 0 aliphatic carbocycles. The maximum absolute atomic E-state index is 15.1. The van der Waals surface area contributed by atoms with E-state index in [4.69, 9.17) is 19.2 Å². The number of nitrogens with one attached hydrogen (secondary N) is 1. The molecule has 0 radical (unpaired) electrons. The monoisotopic (exact) mass is 553 g/mol. The number of halogens is 1. The highest BCUT2D eigenvalue weighted by atomic mass is 19.1. The first-order valence-electron chi connectivity index (χ1n) is 13.3. The van der Waals surface area contributed by atoms with Crippen LogP contribution in [0.15, 0.2) is 23.0 Å². The lowest BCUT2D eigenvalue weighted by atomic mass is 9.86. The molecular formula is C29H32FN3O7. The second-order valence-electron chi connectivity index (χ2n) is 11.0. The quantitative estimate of drug-likeness (QED) is 0.273. The van der Waals surface area contributed by atoms with E-state index < -0.39 is 29.1 Å². The second-order valence-corrected chi connectivity index (χ2v) is 11.0. The molecule has 212 valence electrons. The summed E-state index contributed by atoms with van der Waals surface area (Å²) in [6.45, 7) is 9.05.